The summed E-state index contributed by atoms with van der Waals surface area (Å²) in [5.41, 5.74) is 0.0592. The van der Waals surface area contributed by atoms with Crippen molar-refractivity contribution in [3.8, 4) is 0 Å². The van der Waals surface area contributed by atoms with Crippen LogP contribution in [0.4, 0.5) is 0 Å². The maximum atomic E-state index is 12.3. The van der Waals surface area contributed by atoms with E-state index in [1.54, 1.807) is 13.8 Å². The highest BCUT2D eigenvalue weighted by Gasteiger charge is 2.25. The summed E-state index contributed by atoms with van der Waals surface area (Å²) in [6.45, 7) is 2.88. The molecule has 1 heterocycles. The Morgan fingerprint density at radius 3 is 2.35 bits per heavy atom. The first kappa shape index (κ1) is 16.2. The van der Waals surface area contributed by atoms with E-state index in [2.05, 4.69) is 0 Å². The number of rotatable bonds is 5. The van der Waals surface area contributed by atoms with E-state index >= 15 is 0 Å². The number of sulfonamides is 1. The van der Waals surface area contributed by atoms with E-state index in [9.17, 15) is 18.0 Å². The molecule has 0 radical (unpaired) electrons. The number of carbonyl (C=O) groups excluding carboxylic acids is 1. The Morgan fingerprint density at radius 2 is 2.00 bits per heavy atom. The average Bonchev–Trinajstić information content (AvgIpc) is 2.66. The Kier molecular flexibility index (Phi) is 4.56. The Labute approximate surface area is 116 Å². The van der Waals surface area contributed by atoms with Crippen LogP contribution < -0.4 is 5.14 Å². The molecule has 0 aliphatic carbocycles. The first-order valence-corrected chi connectivity index (χ1v) is 7.30. The van der Waals surface area contributed by atoms with Crippen molar-refractivity contribution in [1.29, 1.82) is 0 Å². The van der Waals surface area contributed by atoms with E-state index in [1.165, 1.54) is 17.8 Å². The molecular formula is C11H17N3O5S. The molecule has 0 saturated carbocycles. The average molecular weight is 303 g/mol. The maximum absolute atomic E-state index is 12.3. The first-order chi connectivity index (χ1) is 9.04. The number of hydrogen-bond donors (Lipinski definition) is 2. The quantitative estimate of drug-likeness (QED) is 0.766. The summed E-state index contributed by atoms with van der Waals surface area (Å²) < 4.78 is 23.8. The van der Waals surface area contributed by atoms with Crippen molar-refractivity contribution in [3.63, 3.8) is 0 Å². The molecule has 0 unspecified atom stereocenters. The van der Waals surface area contributed by atoms with E-state index in [-0.39, 0.29) is 16.6 Å². The van der Waals surface area contributed by atoms with Crippen molar-refractivity contribution < 1.29 is 23.1 Å². The van der Waals surface area contributed by atoms with Crippen LogP contribution in [0.5, 0.6) is 0 Å². The molecule has 0 fully saturated rings. The molecule has 0 aliphatic heterocycles. The van der Waals surface area contributed by atoms with E-state index < -0.39 is 28.4 Å². The van der Waals surface area contributed by atoms with Crippen LogP contribution in [0.2, 0.25) is 0 Å². The topological polar surface area (TPSA) is 123 Å². The second-order valence-corrected chi connectivity index (χ2v) is 6.20. The smallest absolute Gasteiger partial charge is 0.323 e. The van der Waals surface area contributed by atoms with Crippen LogP contribution in [0.3, 0.4) is 0 Å². The van der Waals surface area contributed by atoms with Crippen LogP contribution in [-0.4, -0.2) is 47.5 Å². The van der Waals surface area contributed by atoms with Crippen molar-refractivity contribution in [1.82, 2.24) is 9.47 Å². The van der Waals surface area contributed by atoms with Crippen molar-refractivity contribution in [2.24, 2.45) is 12.2 Å². The van der Waals surface area contributed by atoms with Gasteiger partial charge in [-0.3, -0.25) is 9.59 Å². The van der Waals surface area contributed by atoms with Crippen LogP contribution >= 0.6 is 0 Å². The maximum Gasteiger partial charge on any atom is 0.323 e. The molecule has 0 bridgehead atoms. The minimum Gasteiger partial charge on any atom is -0.480 e. The van der Waals surface area contributed by atoms with Crippen molar-refractivity contribution in [3.05, 3.63) is 18.0 Å². The van der Waals surface area contributed by atoms with Crippen LogP contribution in [0.1, 0.15) is 24.3 Å². The van der Waals surface area contributed by atoms with E-state index in [0.717, 1.165) is 11.0 Å². The zero-order valence-electron chi connectivity index (χ0n) is 11.4. The summed E-state index contributed by atoms with van der Waals surface area (Å²) in [5.74, 6) is -1.72. The Balaban J connectivity index is 3.19. The molecule has 1 aromatic rings. The van der Waals surface area contributed by atoms with Gasteiger partial charge in [-0.25, -0.2) is 13.6 Å². The zero-order valence-corrected chi connectivity index (χ0v) is 12.2. The molecule has 0 spiro atoms. The fourth-order valence-electron chi connectivity index (χ4n) is 1.68. The number of carboxylic acid groups (broad SMARTS) is 1. The van der Waals surface area contributed by atoms with E-state index in [4.69, 9.17) is 10.2 Å². The van der Waals surface area contributed by atoms with Gasteiger partial charge in [0.2, 0.25) is 10.0 Å². The summed E-state index contributed by atoms with van der Waals surface area (Å²) >= 11 is 0. The minimum atomic E-state index is -3.91. The standard InChI is InChI=1S/C11H17N3O5S/c1-7(2)14(6-10(15)16)11(17)9-4-8(5-13(9)3)20(12,18)19/h4-5,7H,6H2,1-3H3,(H,15,16)(H2,12,18,19). The molecule has 0 saturated heterocycles. The van der Waals surface area contributed by atoms with E-state index in [1.807, 2.05) is 0 Å². The largest absolute Gasteiger partial charge is 0.480 e. The molecule has 0 atom stereocenters. The summed E-state index contributed by atoms with van der Waals surface area (Å²) in [4.78, 5) is 24.0. The number of nitrogens with two attached hydrogens (primary N) is 1. The van der Waals surface area contributed by atoms with Crippen LogP contribution in [-0.2, 0) is 21.9 Å². The third-order valence-corrected chi connectivity index (χ3v) is 3.60. The normalized spacial score (nSPS) is 11.7. The zero-order chi connectivity index (χ0) is 15.7. The first-order valence-electron chi connectivity index (χ1n) is 5.76. The van der Waals surface area contributed by atoms with Crippen molar-refractivity contribution in [2.75, 3.05) is 6.54 Å². The molecule has 0 aliphatic rings. The van der Waals surface area contributed by atoms with Gasteiger partial charge >= 0.3 is 5.97 Å². The van der Waals surface area contributed by atoms with E-state index in [0.29, 0.717) is 0 Å². The molecular weight excluding hydrogens is 286 g/mol. The van der Waals surface area contributed by atoms with Crippen LogP contribution in [0.25, 0.3) is 0 Å². The lowest BCUT2D eigenvalue weighted by atomic mass is 10.2. The molecule has 1 rings (SSSR count). The second kappa shape index (κ2) is 5.63. The highest BCUT2D eigenvalue weighted by molar-refractivity contribution is 7.89. The fourth-order valence-corrected chi connectivity index (χ4v) is 2.27. The van der Waals surface area contributed by atoms with Crippen molar-refractivity contribution in [2.45, 2.75) is 24.8 Å². The molecule has 0 aromatic carbocycles. The molecule has 112 valence electrons. The molecule has 20 heavy (non-hydrogen) atoms. The lowest BCUT2D eigenvalue weighted by molar-refractivity contribution is -0.138. The van der Waals surface area contributed by atoms with Crippen molar-refractivity contribution >= 4 is 21.9 Å². The van der Waals surface area contributed by atoms with Gasteiger partial charge < -0.3 is 14.6 Å². The Hall–Kier alpha value is -1.87. The third-order valence-electron chi connectivity index (χ3n) is 2.72. The lowest BCUT2D eigenvalue weighted by Gasteiger charge is -2.24. The number of aliphatic carboxylic acids is 1. The predicted molar refractivity (Wildman–Crippen MR) is 70.6 cm³/mol. The number of carbonyl (C=O) groups is 2. The highest BCUT2D eigenvalue weighted by atomic mass is 32.2. The van der Waals surface area contributed by atoms with Gasteiger partial charge in [0.05, 0.1) is 0 Å². The lowest BCUT2D eigenvalue weighted by Crippen LogP contribution is -2.41. The molecule has 1 aromatic heterocycles. The van der Waals surface area contributed by atoms with Gasteiger partial charge in [-0.15, -0.1) is 0 Å². The molecule has 9 heteroatoms. The second-order valence-electron chi connectivity index (χ2n) is 4.64. The van der Waals surface area contributed by atoms with Gasteiger partial charge in [-0.2, -0.15) is 0 Å². The predicted octanol–water partition coefficient (Wildman–Crippen LogP) is -0.392. The summed E-state index contributed by atoms with van der Waals surface area (Å²) in [7, 11) is -2.43. The van der Waals surface area contributed by atoms with Gasteiger partial charge in [0.25, 0.3) is 5.91 Å². The number of primary sulfonamides is 1. The SMILES string of the molecule is CC(C)N(CC(=O)O)C(=O)c1cc(S(N)(=O)=O)cn1C. The summed E-state index contributed by atoms with van der Waals surface area (Å²) in [6, 6.07) is 0.793. The third kappa shape index (κ3) is 3.58. The number of aryl methyl sites for hydroxylation is 1. The fraction of sp³-hybridized carbons (Fsp3) is 0.455. The van der Waals surface area contributed by atoms with Crippen LogP contribution in [0, 0.1) is 0 Å². The van der Waals surface area contributed by atoms with Gasteiger partial charge in [0, 0.05) is 19.3 Å². The van der Waals surface area contributed by atoms with Gasteiger partial charge in [-0.1, -0.05) is 0 Å². The van der Waals surface area contributed by atoms with Gasteiger partial charge in [-0.05, 0) is 19.9 Å². The molecule has 3 N–H and O–H groups in total. The summed E-state index contributed by atoms with van der Waals surface area (Å²) in [6.07, 6.45) is 1.21. The molecule has 8 nitrogen and oxygen atoms in total. The number of amides is 1. The Bertz CT molecular complexity index is 632. The number of aromatic nitrogens is 1. The summed E-state index contributed by atoms with van der Waals surface area (Å²) in [5, 5.41) is 13.8. The monoisotopic (exact) mass is 303 g/mol. The minimum absolute atomic E-state index is 0.0592. The molecule has 1 amide bonds. The Morgan fingerprint density at radius 1 is 1.45 bits per heavy atom. The highest BCUT2D eigenvalue weighted by Crippen LogP contribution is 2.15. The van der Waals surface area contributed by atoms with Gasteiger partial charge in [0.15, 0.2) is 0 Å². The number of carboxylic acids is 1. The number of nitrogens with zero attached hydrogens (tertiary/aromatic N) is 2. The number of hydrogen-bond acceptors (Lipinski definition) is 4. The van der Waals surface area contributed by atoms with Gasteiger partial charge in [0.1, 0.15) is 17.1 Å². The van der Waals surface area contributed by atoms with Crippen LogP contribution in [0.15, 0.2) is 17.2 Å².